The molecule has 0 atom stereocenters. The molecule has 4 N–H and O–H groups in total. The number of nitrogens with two attached hydrogens (primary N) is 1. The third-order valence-corrected chi connectivity index (χ3v) is 3.66. The number of pyridine rings is 1. The van der Waals surface area contributed by atoms with E-state index in [1.165, 1.54) is 0 Å². The molecule has 1 aliphatic heterocycles. The highest BCUT2D eigenvalue weighted by Crippen LogP contribution is 2.33. The van der Waals surface area contributed by atoms with Gasteiger partial charge in [0.2, 0.25) is 0 Å². The highest BCUT2D eigenvalue weighted by Gasteiger charge is 2.26. The van der Waals surface area contributed by atoms with Gasteiger partial charge in [-0.15, -0.1) is 12.4 Å². The Kier molecular flexibility index (Phi) is 2.88. The third-order valence-electron chi connectivity index (χ3n) is 3.66. The number of aromatic amines is 1. The van der Waals surface area contributed by atoms with E-state index in [2.05, 4.69) is 21.4 Å². The van der Waals surface area contributed by atoms with Crippen molar-refractivity contribution in [1.29, 1.82) is 0 Å². The molecule has 0 saturated carbocycles. The number of fused-ring (bicyclic) bond motifs is 5. The van der Waals surface area contributed by atoms with E-state index in [-0.39, 0.29) is 18.3 Å². The van der Waals surface area contributed by atoms with Gasteiger partial charge in [0.05, 0.1) is 11.2 Å². The summed E-state index contributed by atoms with van der Waals surface area (Å²) in [6.45, 7) is 0.842. The minimum atomic E-state index is -0.114. The van der Waals surface area contributed by atoms with Crippen molar-refractivity contribution < 1.29 is 4.79 Å². The van der Waals surface area contributed by atoms with Gasteiger partial charge >= 0.3 is 0 Å². The second kappa shape index (κ2) is 4.47. The summed E-state index contributed by atoms with van der Waals surface area (Å²) in [6.07, 6.45) is 0. The Bertz CT molecular complexity index is 840. The molecule has 102 valence electrons. The molecule has 0 unspecified atom stereocenters. The fourth-order valence-corrected chi connectivity index (χ4v) is 2.81. The molecule has 1 aliphatic rings. The molecular weight excluding hydrogens is 276 g/mol. The summed E-state index contributed by atoms with van der Waals surface area (Å²) >= 11 is 0. The number of rotatable bonds is 1. The molecule has 20 heavy (non-hydrogen) atoms. The van der Waals surface area contributed by atoms with Crippen LogP contribution in [0, 0.1) is 0 Å². The van der Waals surface area contributed by atoms with Gasteiger partial charge in [0.15, 0.2) is 0 Å². The Labute approximate surface area is 121 Å². The molecule has 3 aromatic rings. The molecule has 0 fully saturated rings. The highest BCUT2D eigenvalue weighted by atomic mass is 35.5. The zero-order valence-corrected chi connectivity index (χ0v) is 11.4. The Balaban J connectivity index is 0.00000121. The number of aromatic nitrogens is 2. The lowest BCUT2D eigenvalue weighted by molar-refractivity contribution is 0.0961. The predicted octanol–water partition coefficient (Wildman–Crippen LogP) is 1.84. The Morgan fingerprint density at radius 1 is 1.30 bits per heavy atom. The summed E-state index contributed by atoms with van der Waals surface area (Å²) in [5.41, 5.74) is 9.97. The number of benzene rings is 1. The topological polar surface area (TPSA) is 83.8 Å². The van der Waals surface area contributed by atoms with Gasteiger partial charge in [-0.05, 0) is 6.07 Å². The zero-order valence-electron chi connectivity index (χ0n) is 10.6. The summed E-state index contributed by atoms with van der Waals surface area (Å²) in [6, 6.07) is 8.05. The van der Waals surface area contributed by atoms with Gasteiger partial charge in [0, 0.05) is 34.9 Å². The smallest absolute Gasteiger partial charge is 0.270 e. The van der Waals surface area contributed by atoms with E-state index in [1.54, 1.807) is 0 Å². The van der Waals surface area contributed by atoms with Gasteiger partial charge in [-0.25, -0.2) is 4.98 Å². The summed E-state index contributed by atoms with van der Waals surface area (Å²) < 4.78 is 0. The maximum Gasteiger partial charge on any atom is 0.270 e. The van der Waals surface area contributed by atoms with E-state index in [9.17, 15) is 4.79 Å². The highest BCUT2D eigenvalue weighted by molar-refractivity contribution is 6.13. The fourth-order valence-electron chi connectivity index (χ4n) is 2.81. The summed E-state index contributed by atoms with van der Waals surface area (Å²) in [4.78, 5) is 19.6. The van der Waals surface area contributed by atoms with Gasteiger partial charge in [0.25, 0.3) is 5.91 Å². The molecule has 1 amide bonds. The molecule has 0 aliphatic carbocycles. The number of amides is 1. The first-order chi connectivity index (χ1) is 9.29. The van der Waals surface area contributed by atoms with Crippen LogP contribution < -0.4 is 11.1 Å². The van der Waals surface area contributed by atoms with Crippen LogP contribution in [-0.4, -0.2) is 15.9 Å². The van der Waals surface area contributed by atoms with Crippen molar-refractivity contribution in [1.82, 2.24) is 15.3 Å². The van der Waals surface area contributed by atoms with Gasteiger partial charge < -0.3 is 16.0 Å². The van der Waals surface area contributed by atoms with E-state index >= 15 is 0 Å². The average Bonchev–Trinajstić information content (AvgIpc) is 2.99. The number of nitrogens with one attached hydrogen (secondary N) is 2. The van der Waals surface area contributed by atoms with Crippen LogP contribution in [0.5, 0.6) is 0 Å². The molecule has 0 bridgehead atoms. The lowest BCUT2D eigenvalue weighted by atomic mass is 10.1. The average molecular weight is 289 g/mol. The second-order valence-electron chi connectivity index (χ2n) is 4.69. The first-order valence-corrected chi connectivity index (χ1v) is 6.20. The predicted molar refractivity (Wildman–Crippen MR) is 79.9 cm³/mol. The first-order valence-electron chi connectivity index (χ1n) is 6.20. The van der Waals surface area contributed by atoms with Crippen LogP contribution in [0.1, 0.15) is 21.7 Å². The largest absolute Gasteiger partial charge is 0.353 e. The quantitative estimate of drug-likeness (QED) is 0.639. The molecule has 3 heterocycles. The van der Waals surface area contributed by atoms with Gasteiger partial charge in [-0.3, -0.25) is 4.79 Å². The first kappa shape index (κ1) is 12.9. The van der Waals surface area contributed by atoms with E-state index in [4.69, 9.17) is 5.73 Å². The van der Waals surface area contributed by atoms with E-state index in [0.717, 1.165) is 33.1 Å². The summed E-state index contributed by atoms with van der Waals surface area (Å²) in [7, 11) is 0. The number of para-hydroxylation sites is 1. The van der Waals surface area contributed by atoms with E-state index in [0.29, 0.717) is 18.8 Å². The Morgan fingerprint density at radius 2 is 2.10 bits per heavy atom. The zero-order chi connectivity index (χ0) is 13.0. The van der Waals surface area contributed by atoms with Gasteiger partial charge in [-0.2, -0.15) is 0 Å². The molecule has 4 rings (SSSR count). The molecule has 1 aromatic carbocycles. The van der Waals surface area contributed by atoms with Crippen molar-refractivity contribution in [3.63, 3.8) is 0 Å². The van der Waals surface area contributed by atoms with Gasteiger partial charge in [-0.1, -0.05) is 18.2 Å². The van der Waals surface area contributed by atoms with Crippen LogP contribution in [0.4, 0.5) is 0 Å². The normalized spacial score (nSPS) is 13.3. The van der Waals surface area contributed by atoms with Crippen LogP contribution in [-0.2, 0) is 13.1 Å². The van der Waals surface area contributed by atoms with Gasteiger partial charge in [0.1, 0.15) is 5.69 Å². The van der Waals surface area contributed by atoms with Crippen molar-refractivity contribution in [3.05, 3.63) is 41.2 Å². The van der Waals surface area contributed by atoms with Crippen LogP contribution in [0.2, 0.25) is 0 Å². The fraction of sp³-hybridized carbons (Fsp3) is 0.143. The molecule has 2 aromatic heterocycles. The van der Waals surface area contributed by atoms with Crippen molar-refractivity contribution in [2.75, 3.05) is 0 Å². The Morgan fingerprint density at radius 3 is 2.90 bits per heavy atom. The van der Waals surface area contributed by atoms with Crippen molar-refractivity contribution in [2.45, 2.75) is 13.1 Å². The maximum absolute atomic E-state index is 11.8. The number of hydrogen-bond donors (Lipinski definition) is 3. The van der Waals surface area contributed by atoms with Crippen molar-refractivity contribution in [3.8, 4) is 0 Å². The van der Waals surface area contributed by atoms with Crippen molar-refractivity contribution >= 4 is 40.1 Å². The van der Waals surface area contributed by atoms with E-state index in [1.807, 2.05) is 18.2 Å². The Hall–Kier alpha value is -2.11. The van der Waals surface area contributed by atoms with Crippen molar-refractivity contribution in [2.24, 2.45) is 5.73 Å². The lowest BCUT2D eigenvalue weighted by Gasteiger charge is -2.04. The SMILES string of the molecule is Cl.NCc1nc2c(c3c1[nH]c1ccccc13)CNC2=O. The standard InChI is InChI=1S/C14H12N4O.ClH/c15-5-10-13-11(7-3-1-2-4-9(7)17-13)8-6-16-14(19)12(8)18-10;/h1-4,17H,5-6,15H2,(H,16,19);1H. The monoisotopic (exact) mass is 288 g/mol. The molecule has 6 heteroatoms. The van der Waals surface area contributed by atoms with Crippen LogP contribution in [0.3, 0.4) is 0 Å². The number of halogens is 1. The third kappa shape index (κ3) is 1.54. The van der Waals surface area contributed by atoms with Crippen LogP contribution in [0.25, 0.3) is 21.8 Å². The number of H-pyrrole nitrogens is 1. The summed E-state index contributed by atoms with van der Waals surface area (Å²) in [5, 5.41) is 5.01. The maximum atomic E-state index is 11.8. The minimum absolute atomic E-state index is 0. The number of carbonyl (C=O) groups is 1. The number of nitrogens with zero attached hydrogens (tertiary/aromatic N) is 1. The van der Waals surface area contributed by atoms with Crippen LogP contribution in [0.15, 0.2) is 24.3 Å². The molecule has 0 radical (unpaired) electrons. The summed E-state index contributed by atoms with van der Waals surface area (Å²) in [5.74, 6) is -0.114. The minimum Gasteiger partial charge on any atom is -0.353 e. The second-order valence-corrected chi connectivity index (χ2v) is 4.69. The van der Waals surface area contributed by atoms with Crippen LogP contribution >= 0.6 is 12.4 Å². The van der Waals surface area contributed by atoms with E-state index < -0.39 is 0 Å². The molecular formula is C14H13ClN4O. The number of hydrogen-bond acceptors (Lipinski definition) is 3. The lowest BCUT2D eigenvalue weighted by Crippen LogP contribution is -2.14. The molecule has 5 nitrogen and oxygen atoms in total. The molecule has 0 saturated heterocycles. The molecule has 0 spiro atoms. The number of carbonyl (C=O) groups excluding carboxylic acids is 1.